The van der Waals surface area contributed by atoms with E-state index < -0.39 is 47.7 Å². The Morgan fingerprint density at radius 2 is 1.69 bits per heavy atom. The van der Waals surface area contributed by atoms with E-state index in [4.69, 9.17) is 14.2 Å². The van der Waals surface area contributed by atoms with E-state index in [1.54, 1.807) is 51.1 Å². The van der Waals surface area contributed by atoms with Gasteiger partial charge in [-0.15, -0.1) is 0 Å². The molecular weight excluding hydrogens is 578 g/mol. The van der Waals surface area contributed by atoms with Crippen molar-refractivity contribution in [3.05, 3.63) is 93.8 Å². The van der Waals surface area contributed by atoms with E-state index in [0.29, 0.717) is 12.1 Å². The molecule has 4 aromatic rings. The number of pyridine rings is 1. The Morgan fingerprint density at radius 1 is 0.978 bits per heavy atom. The minimum Gasteiger partial charge on any atom is -0.462 e. The lowest BCUT2D eigenvalue weighted by Gasteiger charge is -2.29. The van der Waals surface area contributed by atoms with Crippen LogP contribution in [0.4, 0.5) is 4.79 Å². The number of benzene rings is 2. The second-order valence-electron chi connectivity index (χ2n) is 11.9. The van der Waals surface area contributed by atoms with Gasteiger partial charge in [0.15, 0.2) is 5.78 Å². The molecular formula is C34H35N3O8. The second kappa shape index (κ2) is 12.8. The molecule has 0 saturated carbocycles. The molecule has 2 atom stereocenters. The van der Waals surface area contributed by atoms with Gasteiger partial charge in [-0.2, -0.15) is 0 Å². The van der Waals surface area contributed by atoms with Gasteiger partial charge in [-0.25, -0.2) is 9.59 Å². The molecule has 2 aromatic heterocycles. The number of carbonyl (C=O) groups is 4. The van der Waals surface area contributed by atoms with E-state index in [1.165, 1.54) is 17.6 Å². The number of H-pyrrole nitrogens is 1. The molecule has 3 heterocycles. The first-order valence-electron chi connectivity index (χ1n) is 14.6. The number of rotatable bonds is 9. The number of esters is 2. The van der Waals surface area contributed by atoms with Crippen LogP contribution in [0.25, 0.3) is 22.3 Å². The Morgan fingerprint density at radius 3 is 2.40 bits per heavy atom. The smallest absolute Gasteiger partial charge is 0.408 e. The highest BCUT2D eigenvalue weighted by Gasteiger charge is 2.33. The zero-order valence-electron chi connectivity index (χ0n) is 25.5. The van der Waals surface area contributed by atoms with Gasteiger partial charge in [-0.3, -0.25) is 19.0 Å². The van der Waals surface area contributed by atoms with Crippen molar-refractivity contribution in [2.24, 2.45) is 0 Å². The maximum Gasteiger partial charge on any atom is 0.408 e. The van der Waals surface area contributed by atoms with E-state index in [0.717, 1.165) is 27.7 Å². The van der Waals surface area contributed by atoms with Crippen molar-refractivity contribution in [1.82, 2.24) is 14.9 Å². The Balaban J connectivity index is 1.38. The number of alkyl carbamates (subject to hydrolysis) is 1. The van der Waals surface area contributed by atoms with Crippen molar-refractivity contribution in [2.75, 3.05) is 6.61 Å². The van der Waals surface area contributed by atoms with Crippen molar-refractivity contribution in [3.63, 3.8) is 0 Å². The van der Waals surface area contributed by atoms with Crippen molar-refractivity contribution in [1.29, 1.82) is 0 Å². The van der Waals surface area contributed by atoms with Gasteiger partial charge in [0.25, 0.3) is 5.56 Å². The van der Waals surface area contributed by atoms with Crippen LogP contribution in [0.5, 0.6) is 0 Å². The Labute approximate surface area is 259 Å². The van der Waals surface area contributed by atoms with E-state index in [-0.39, 0.29) is 24.6 Å². The molecule has 45 heavy (non-hydrogen) atoms. The molecule has 2 aromatic carbocycles. The molecule has 0 bridgehead atoms. The fraction of sp³-hybridized carbons (Fsp3) is 0.324. The summed E-state index contributed by atoms with van der Waals surface area (Å²) >= 11 is 0. The topological polar surface area (TPSA) is 146 Å². The van der Waals surface area contributed by atoms with Crippen LogP contribution in [0.3, 0.4) is 0 Å². The monoisotopic (exact) mass is 613 g/mol. The van der Waals surface area contributed by atoms with Crippen molar-refractivity contribution >= 4 is 34.7 Å². The standard InChI is InChI=1S/C34H35N3O8/c1-20(38)23-14-15-28-30-25(24-12-8-9-13-26(24)35-30)16-22(37(28)31(23)40)19-44-32(41)27(36-33(42)45-34(2,3)4)17-29(39)43-18-21-10-6-5-7-11-21/h5-15,22,27,35H,16-19H2,1-4H3,(H,36,42)/t22-,27?/m0/s1. The second-order valence-corrected chi connectivity index (χ2v) is 11.9. The number of aromatic amines is 1. The van der Waals surface area contributed by atoms with Crippen LogP contribution in [-0.4, -0.2) is 51.6 Å². The molecule has 1 aliphatic heterocycles. The summed E-state index contributed by atoms with van der Waals surface area (Å²) in [5.41, 5.74) is 2.53. The van der Waals surface area contributed by atoms with Crippen molar-refractivity contribution in [2.45, 2.75) is 64.8 Å². The highest BCUT2D eigenvalue weighted by molar-refractivity contribution is 5.95. The number of nitrogens with one attached hydrogen (secondary N) is 2. The normalized spacial score (nSPS) is 14.5. The molecule has 0 fully saturated rings. The lowest BCUT2D eigenvalue weighted by Crippen LogP contribution is -2.46. The van der Waals surface area contributed by atoms with E-state index >= 15 is 0 Å². The summed E-state index contributed by atoms with van der Waals surface area (Å²) in [5.74, 6) is -2.02. The molecule has 0 aliphatic carbocycles. The molecule has 11 nitrogen and oxygen atoms in total. The summed E-state index contributed by atoms with van der Waals surface area (Å²) in [6, 6.07) is 17.8. The van der Waals surface area contributed by atoms with Crippen molar-refractivity contribution in [3.8, 4) is 11.4 Å². The first-order valence-corrected chi connectivity index (χ1v) is 14.6. The van der Waals surface area contributed by atoms with Crippen LogP contribution in [0.1, 0.15) is 61.6 Å². The minimum absolute atomic E-state index is 0.0128. The highest BCUT2D eigenvalue weighted by Crippen LogP contribution is 2.38. The molecule has 1 unspecified atom stereocenters. The van der Waals surface area contributed by atoms with E-state index in [2.05, 4.69) is 10.3 Å². The maximum atomic E-state index is 13.5. The van der Waals surface area contributed by atoms with Crippen LogP contribution in [-0.2, 0) is 36.8 Å². The van der Waals surface area contributed by atoms with Crippen LogP contribution in [0.2, 0.25) is 0 Å². The zero-order chi connectivity index (χ0) is 32.3. The van der Waals surface area contributed by atoms with E-state index in [9.17, 15) is 24.0 Å². The molecule has 5 rings (SSSR count). The largest absolute Gasteiger partial charge is 0.462 e. The lowest BCUT2D eigenvalue weighted by atomic mass is 9.95. The summed E-state index contributed by atoms with van der Waals surface area (Å²) in [4.78, 5) is 67.9. The average Bonchev–Trinajstić information content (AvgIpc) is 3.36. The van der Waals surface area contributed by atoms with Crippen LogP contribution in [0.15, 0.2) is 71.5 Å². The average molecular weight is 614 g/mol. The van der Waals surface area contributed by atoms with Crippen LogP contribution < -0.4 is 10.9 Å². The van der Waals surface area contributed by atoms with Gasteiger partial charge < -0.3 is 24.5 Å². The van der Waals surface area contributed by atoms with Gasteiger partial charge >= 0.3 is 18.0 Å². The minimum atomic E-state index is -1.42. The van der Waals surface area contributed by atoms with E-state index in [1.807, 2.05) is 30.3 Å². The number of ether oxygens (including phenoxy) is 3. The number of fused-ring (bicyclic) bond motifs is 5. The van der Waals surface area contributed by atoms with Gasteiger partial charge in [-0.05, 0) is 63.4 Å². The highest BCUT2D eigenvalue weighted by atomic mass is 16.6. The van der Waals surface area contributed by atoms with Gasteiger partial charge in [0.05, 0.1) is 29.4 Å². The Kier molecular flexibility index (Phi) is 8.89. The number of aromatic nitrogens is 2. The molecule has 11 heteroatoms. The molecule has 2 N–H and O–H groups in total. The quantitative estimate of drug-likeness (QED) is 0.155. The number of hydrogen-bond acceptors (Lipinski definition) is 8. The number of para-hydroxylation sites is 1. The molecule has 0 saturated heterocycles. The Hall–Kier alpha value is -5.19. The summed E-state index contributed by atoms with van der Waals surface area (Å²) in [6.07, 6.45) is -1.09. The summed E-state index contributed by atoms with van der Waals surface area (Å²) in [5, 5.41) is 3.39. The number of carbonyl (C=O) groups excluding carboxylic acids is 4. The summed E-state index contributed by atoms with van der Waals surface area (Å²) < 4.78 is 17.8. The van der Waals surface area contributed by atoms with Gasteiger partial charge in [-0.1, -0.05) is 48.5 Å². The maximum absolute atomic E-state index is 13.5. The number of ketones is 1. The third-order valence-corrected chi connectivity index (χ3v) is 7.38. The SMILES string of the molecule is CC(=O)c1ccc2n(c1=O)[C@H](COC(=O)C(CC(=O)OCc1ccccc1)NC(=O)OC(C)(C)C)Cc1c-2[nH]c2ccccc12. The Bertz CT molecular complexity index is 1820. The zero-order valence-corrected chi connectivity index (χ0v) is 25.5. The lowest BCUT2D eigenvalue weighted by molar-refractivity contribution is -0.154. The number of amides is 1. The molecule has 1 aliphatic rings. The molecule has 234 valence electrons. The van der Waals surface area contributed by atoms with Crippen LogP contribution >= 0.6 is 0 Å². The van der Waals surface area contributed by atoms with Gasteiger partial charge in [0.1, 0.15) is 24.9 Å². The van der Waals surface area contributed by atoms with Crippen molar-refractivity contribution < 1.29 is 33.4 Å². The van der Waals surface area contributed by atoms with Crippen LogP contribution in [0, 0.1) is 0 Å². The first kappa shape index (κ1) is 31.2. The number of hydrogen-bond donors (Lipinski definition) is 2. The molecule has 0 spiro atoms. The molecule has 0 radical (unpaired) electrons. The predicted octanol–water partition coefficient (Wildman–Crippen LogP) is 4.87. The first-order chi connectivity index (χ1) is 21.4. The predicted molar refractivity (Wildman–Crippen MR) is 166 cm³/mol. The number of Topliss-reactive ketones (excluding diaryl/α,β-unsaturated/α-hetero) is 1. The van der Waals surface area contributed by atoms with Gasteiger partial charge in [0, 0.05) is 10.9 Å². The summed E-state index contributed by atoms with van der Waals surface area (Å²) in [7, 11) is 0. The fourth-order valence-corrected chi connectivity index (χ4v) is 5.36. The van der Waals surface area contributed by atoms with Gasteiger partial charge in [0.2, 0.25) is 0 Å². The summed E-state index contributed by atoms with van der Waals surface area (Å²) in [6.45, 7) is 6.04. The third kappa shape index (κ3) is 7.14. The fourth-order valence-electron chi connectivity index (χ4n) is 5.36. The number of nitrogens with zero attached hydrogens (tertiary/aromatic N) is 1. The third-order valence-electron chi connectivity index (χ3n) is 7.38. The molecule has 1 amide bonds.